The molecule has 0 aliphatic heterocycles. The van der Waals surface area contributed by atoms with E-state index < -0.39 is 0 Å². The van der Waals surface area contributed by atoms with Gasteiger partial charge in [0.1, 0.15) is 0 Å². The van der Waals surface area contributed by atoms with E-state index in [0.717, 1.165) is 24.4 Å². The topological polar surface area (TPSA) is 53.2 Å². The molecule has 0 spiro atoms. The fourth-order valence-electron chi connectivity index (χ4n) is 2.04. The summed E-state index contributed by atoms with van der Waals surface area (Å²) in [6.07, 6.45) is 3.05. The van der Waals surface area contributed by atoms with Gasteiger partial charge in [0, 0.05) is 17.8 Å². The van der Waals surface area contributed by atoms with Crippen molar-refractivity contribution in [3.63, 3.8) is 0 Å². The molecule has 0 saturated carbocycles. The van der Waals surface area contributed by atoms with Crippen molar-refractivity contribution in [1.82, 2.24) is 10.6 Å². The molecule has 2 atom stereocenters. The van der Waals surface area contributed by atoms with Gasteiger partial charge in [0.25, 0.3) is 0 Å². The van der Waals surface area contributed by atoms with Gasteiger partial charge in [0.15, 0.2) is 0 Å². The van der Waals surface area contributed by atoms with Crippen molar-refractivity contribution in [3.8, 4) is 0 Å². The summed E-state index contributed by atoms with van der Waals surface area (Å²) in [4.78, 5) is 11.9. The fourth-order valence-corrected chi connectivity index (χ4v) is 2.63. The van der Waals surface area contributed by atoms with E-state index in [4.69, 9.17) is 0 Å². The number of benzene rings is 1. The highest BCUT2D eigenvalue weighted by molar-refractivity contribution is 7.98. The average Bonchev–Trinajstić information content (AvgIpc) is 2.46. The zero-order chi connectivity index (χ0) is 15.7. The molecule has 2 unspecified atom stereocenters. The highest BCUT2D eigenvalue weighted by Crippen LogP contribution is 2.15. The van der Waals surface area contributed by atoms with Gasteiger partial charge >= 0.3 is 6.03 Å². The molecular formula is C16H27N3OS. The minimum absolute atomic E-state index is 0.143. The molecule has 0 radical (unpaired) electrons. The third-order valence-electron chi connectivity index (χ3n) is 3.31. The monoisotopic (exact) mass is 309 g/mol. The molecule has 1 rings (SSSR count). The Morgan fingerprint density at radius 3 is 2.48 bits per heavy atom. The van der Waals surface area contributed by atoms with Crippen molar-refractivity contribution in [2.24, 2.45) is 0 Å². The molecule has 0 heterocycles. The number of carbonyl (C=O) groups excluding carboxylic acids is 1. The highest BCUT2D eigenvalue weighted by atomic mass is 32.2. The van der Waals surface area contributed by atoms with Crippen LogP contribution in [-0.4, -0.2) is 30.6 Å². The Bertz CT molecular complexity index is 422. The van der Waals surface area contributed by atoms with Gasteiger partial charge in [-0.05, 0) is 56.5 Å². The van der Waals surface area contributed by atoms with Gasteiger partial charge in [0.2, 0.25) is 0 Å². The number of carbonyl (C=O) groups is 1. The zero-order valence-electron chi connectivity index (χ0n) is 13.4. The number of thioether (sulfide) groups is 1. The number of urea groups is 1. The van der Waals surface area contributed by atoms with Crippen LogP contribution < -0.4 is 16.0 Å². The molecule has 3 N–H and O–H groups in total. The molecule has 0 aliphatic carbocycles. The van der Waals surface area contributed by atoms with E-state index in [-0.39, 0.29) is 12.1 Å². The van der Waals surface area contributed by atoms with Gasteiger partial charge in [-0.1, -0.05) is 19.1 Å². The van der Waals surface area contributed by atoms with Crippen molar-refractivity contribution in [3.05, 3.63) is 29.8 Å². The fraction of sp³-hybridized carbons (Fsp3) is 0.562. The van der Waals surface area contributed by atoms with Gasteiger partial charge < -0.3 is 16.0 Å². The maximum atomic E-state index is 11.9. The van der Waals surface area contributed by atoms with E-state index in [2.05, 4.69) is 36.1 Å². The summed E-state index contributed by atoms with van der Waals surface area (Å²) >= 11 is 1.79. The molecule has 0 bridgehead atoms. The number of rotatable bonds is 8. The molecule has 1 aromatic rings. The Balaban J connectivity index is 2.46. The summed E-state index contributed by atoms with van der Waals surface area (Å²) in [6, 6.07) is 8.33. The van der Waals surface area contributed by atoms with Gasteiger partial charge in [0.05, 0.1) is 0 Å². The summed E-state index contributed by atoms with van der Waals surface area (Å²) in [6.45, 7) is 7.19. The quantitative estimate of drug-likeness (QED) is 0.687. The Kier molecular flexibility index (Phi) is 8.23. The van der Waals surface area contributed by atoms with Crippen LogP contribution in [0, 0.1) is 0 Å². The molecule has 0 fully saturated rings. The van der Waals surface area contributed by atoms with E-state index in [0.29, 0.717) is 6.04 Å². The molecule has 4 nitrogen and oxygen atoms in total. The minimum atomic E-state index is -0.143. The smallest absolute Gasteiger partial charge is 0.319 e. The lowest BCUT2D eigenvalue weighted by atomic mass is 10.1. The van der Waals surface area contributed by atoms with Crippen LogP contribution in [0.25, 0.3) is 0 Å². The number of nitrogens with one attached hydrogen (secondary N) is 3. The first-order valence-corrected chi connectivity index (χ1v) is 8.86. The predicted molar refractivity (Wildman–Crippen MR) is 93.1 cm³/mol. The van der Waals surface area contributed by atoms with E-state index in [9.17, 15) is 4.79 Å². The van der Waals surface area contributed by atoms with E-state index in [1.54, 1.807) is 11.8 Å². The predicted octanol–water partition coefficient (Wildman–Crippen LogP) is 3.62. The van der Waals surface area contributed by atoms with Crippen molar-refractivity contribution in [2.75, 3.05) is 23.9 Å². The zero-order valence-corrected chi connectivity index (χ0v) is 14.2. The maximum absolute atomic E-state index is 11.9. The second-order valence-corrected chi connectivity index (χ2v) is 6.17. The lowest BCUT2D eigenvalue weighted by molar-refractivity contribution is 0.249. The van der Waals surface area contributed by atoms with Gasteiger partial charge in [-0.3, -0.25) is 0 Å². The largest absolute Gasteiger partial charge is 0.335 e. The van der Waals surface area contributed by atoms with Gasteiger partial charge in [-0.25, -0.2) is 4.79 Å². The molecule has 118 valence electrons. The minimum Gasteiger partial charge on any atom is -0.335 e. The summed E-state index contributed by atoms with van der Waals surface area (Å²) in [5.41, 5.74) is 2.04. The summed E-state index contributed by atoms with van der Waals surface area (Å²) in [5, 5.41) is 9.18. The first kappa shape index (κ1) is 17.9. The van der Waals surface area contributed by atoms with E-state index >= 15 is 0 Å². The lowest BCUT2D eigenvalue weighted by Gasteiger charge is -2.15. The Morgan fingerprint density at radius 1 is 1.24 bits per heavy atom. The van der Waals surface area contributed by atoms with Crippen molar-refractivity contribution < 1.29 is 4.79 Å². The van der Waals surface area contributed by atoms with Gasteiger partial charge in [-0.15, -0.1) is 0 Å². The SMILES string of the molecule is CCNC(C)c1ccc(NC(=O)NC(C)CCSC)cc1. The number of anilines is 1. The van der Waals surface area contributed by atoms with Crippen LogP contribution in [0.1, 0.15) is 38.8 Å². The Morgan fingerprint density at radius 2 is 1.90 bits per heavy atom. The van der Waals surface area contributed by atoms with Crippen molar-refractivity contribution in [1.29, 1.82) is 0 Å². The molecule has 1 aromatic carbocycles. The van der Waals surface area contributed by atoms with Crippen LogP contribution in [0.4, 0.5) is 10.5 Å². The highest BCUT2D eigenvalue weighted by Gasteiger charge is 2.08. The summed E-state index contributed by atoms with van der Waals surface area (Å²) < 4.78 is 0. The third-order valence-corrected chi connectivity index (χ3v) is 3.96. The molecule has 0 aliphatic rings. The van der Waals surface area contributed by atoms with Crippen LogP contribution in [0.2, 0.25) is 0 Å². The van der Waals surface area contributed by atoms with Crippen LogP contribution in [-0.2, 0) is 0 Å². The normalized spacial score (nSPS) is 13.5. The van der Waals surface area contributed by atoms with E-state index in [1.165, 1.54) is 5.56 Å². The molecule has 0 aromatic heterocycles. The Hall–Kier alpha value is -1.20. The third kappa shape index (κ3) is 6.87. The molecule has 21 heavy (non-hydrogen) atoms. The first-order chi connectivity index (χ1) is 10.1. The van der Waals surface area contributed by atoms with Crippen LogP contribution in [0.15, 0.2) is 24.3 Å². The first-order valence-electron chi connectivity index (χ1n) is 7.46. The number of hydrogen-bond donors (Lipinski definition) is 3. The Labute approximate surface area is 132 Å². The van der Waals surface area contributed by atoms with E-state index in [1.807, 2.05) is 31.2 Å². The van der Waals surface area contributed by atoms with Crippen LogP contribution in [0.3, 0.4) is 0 Å². The lowest BCUT2D eigenvalue weighted by Crippen LogP contribution is -2.36. The standard InChI is InChI=1S/C16H27N3OS/c1-5-17-13(3)14-6-8-15(9-7-14)19-16(20)18-12(2)10-11-21-4/h6-9,12-13,17H,5,10-11H2,1-4H3,(H2,18,19,20). The van der Waals surface area contributed by atoms with Crippen molar-refractivity contribution >= 4 is 23.5 Å². The summed E-state index contributed by atoms with van der Waals surface area (Å²) in [5.74, 6) is 1.05. The second kappa shape index (κ2) is 9.68. The molecule has 5 heteroatoms. The van der Waals surface area contributed by atoms with Crippen molar-refractivity contribution in [2.45, 2.75) is 39.3 Å². The molecule has 0 saturated heterocycles. The maximum Gasteiger partial charge on any atom is 0.319 e. The summed E-state index contributed by atoms with van der Waals surface area (Å²) in [7, 11) is 0. The van der Waals surface area contributed by atoms with Crippen LogP contribution in [0.5, 0.6) is 0 Å². The van der Waals surface area contributed by atoms with Crippen LogP contribution >= 0.6 is 11.8 Å². The molecule has 2 amide bonds. The van der Waals surface area contributed by atoms with Gasteiger partial charge in [-0.2, -0.15) is 11.8 Å². The molecular weight excluding hydrogens is 282 g/mol. The average molecular weight is 309 g/mol. The number of amides is 2. The second-order valence-electron chi connectivity index (χ2n) is 5.18. The number of hydrogen-bond acceptors (Lipinski definition) is 3.